The molecule has 0 heterocycles. The van der Waals surface area contributed by atoms with Crippen molar-refractivity contribution in [1.82, 2.24) is 0 Å². The van der Waals surface area contributed by atoms with E-state index in [2.05, 4.69) is 22.0 Å². The van der Waals surface area contributed by atoms with Gasteiger partial charge in [-0.05, 0) is 36.1 Å². The Bertz CT molecular complexity index is 554. The van der Waals surface area contributed by atoms with Gasteiger partial charge in [-0.1, -0.05) is 63.9 Å². The van der Waals surface area contributed by atoms with Crippen molar-refractivity contribution in [3.8, 4) is 0 Å². The predicted molar refractivity (Wildman–Crippen MR) is 81.0 cm³/mol. The number of hydrogen-bond acceptors (Lipinski definition) is 1. The zero-order chi connectivity index (χ0) is 13.1. The lowest BCUT2D eigenvalue weighted by Gasteiger charge is -2.16. The van der Waals surface area contributed by atoms with Crippen LogP contribution in [0.3, 0.4) is 0 Å². The molecular formula is C15H15BrClN. The molecule has 0 aromatic heterocycles. The van der Waals surface area contributed by atoms with Gasteiger partial charge in [0.1, 0.15) is 0 Å². The number of rotatable bonds is 3. The summed E-state index contributed by atoms with van der Waals surface area (Å²) in [4.78, 5) is 0. The first kappa shape index (κ1) is 13.6. The SMILES string of the molecule is Cc1cccc(C(N)Cc2ccccc2Br)c1Cl. The van der Waals surface area contributed by atoms with E-state index in [1.165, 1.54) is 5.56 Å². The first-order valence-corrected chi connectivity index (χ1v) is 7.00. The quantitative estimate of drug-likeness (QED) is 0.873. The van der Waals surface area contributed by atoms with Gasteiger partial charge in [0.2, 0.25) is 0 Å². The average molecular weight is 325 g/mol. The van der Waals surface area contributed by atoms with Gasteiger partial charge in [-0.3, -0.25) is 0 Å². The maximum Gasteiger partial charge on any atom is 0.0483 e. The van der Waals surface area contributed by atoms with Gasteiger partial charge < -0.3 is 5.73 Å². The van der Waals surface area contributed by atoms with E-state index in [0.717, 1.165) is 27.0 Å². The first-order chi connectivity index (χ1) is 8.59. The largest absolute Gasteiger partial charge is 0.324 e. The smallest absolute Gasteiger partial charge is 0.0483 e. The fourth-order valence-corrected chi connectivity index (χ4v) is 2.68. The number of hydrogen-bond donors (Lipinski definition) is 1. The van der Waals surface area contributed by atoms with Crippen molar-refractivity contribution < 1.29 is 0 Å². The normalized spacial score (nSPS) is 12.4. The Hall–Kier alpha value is -0.830. The number of halogens is 2. The van der Waals surface area contributed by atoms with Crippen LogP contribution in [0.15, 0.2) is 46.9 Å². The third-order valence-electron chi connectivity index (χ3n) is 3.02. The van der Waals surface area contributed by atoms with Gasteiger partial charge in [-0.2, -0.15) is 0 Å². The summed E-state index contributed by atoms with van der Waals surface area (Å²) in [5.74, 6) is 0. The Labute approximate surface area is 121 Å². The molecule has 1 nitrogen and oxygen atoms in total. The molecule has 2 aromatic rings. The van der Waals surface area contributed by atoms with Crippen molar-refractivity contribution in [2.45, 2.75) is 19.4 Å². The van der Waals surface area contributed by atoms with E-state index in [-0.39, 0.29) is 6.04 Å². The summed E-state index contributed by atoms with van der Waals surface area (Å²) >= 11 is 9.84. The van der Waals surface area contributed by atoms with E-state index >= 15 is 0 Å². The summed E-state index contributed by atoms with van der Waals surface area (Å²) in [7, 11) is 0. The lowest BCUT2D eigenvalue weighted by Crippen LogP contribution is -2.14. The Morgan fingerprint density at radius 2 is 1.89 bits per heavy atom. The lowest BCUT2D eigenvalue weighted by atomic mass is 9.98. The highest BCUT2D eigenvalue weighted by atomic mass is 79.9. The highest BCUT2D eigenvalue weighted by Crippen LogP contribution is 2.28. The molecule has 0 aliphatic rings. The van der Waals surface area contributed by atoms with E-state index in [1.54, 1.807) is 0 Å². The fraction of sp³-hybridized carbons (Fsp3) is 0.200. The van der Waals surface area contributed by atoms with Crippen molar-refractivity contribution in [3.05, 3.63) is 68.7 Å². The van der Waals surface area contributed by atoms with Gasteiger partial charge >= 0.3 is 0 Å². The van der Waals surface area contributed by atoms with E-state index in [0.29, 0.717) is 0 Å². The van der Waals surface area contributed by atoms with E-state index < -0.39 is 0 Å². The molecule has 0 aliphatic carbocycles. The number of aryl methyl sites for hydroxylation is 1. The number of benzene rings is 2. The van der Waals surface area contributed by atoms with Gasteiger partial charge in [0, 0.05) is 15.5 Å². The van der Waals surface area contributed by atoms with Gasteiger partial charge in [-0.25, -0.2) is 0 Å². The maximum atomic E-state index is 6.30. The van der Waals surface area contributed by atoms with E-state index in [1.807, 2.05) is 43.3 Å². The Balaban J connectivity index is 2.25. The highest BCUT2D eigenvalue weighted by Gasteiger charge is 2.13. The molecule has 3 heteroatoms. The van der Waals surface area contributed by atoms with Crippen molar-refractivity contribution in [2.24, 2.45) is 5.73 Å². The van der Waals surface area contributed by atoms with Crippen molar-refractivity contribution in [2.75, 3.05) is 0 Å². The molecule has 0 saturated heterocycles. The summed E-state index contributed by atoms with van der Waals surface area (Å²) in [6, 6.07) is 14.0. The Morgan fingerprint density at radius 3 is 2.61 bits per heavy atom. The minimum Gasteiger partial charge on any atom is -0.324 e. The van der Waals surface area contributed by atoms with Crippen molar-refractivity contribution >= 4 is 27.5 Å². The Morgan fingerprint density at radius 1 is 1.17 bits per heavy atom. The third-order valence-corrected chi connectivity index (χ3v) is 4.31. The Kier molecular flexibility index (Phi) is 4.44. The summed E-state index contributed by atoms with van der Waals surface area (Å²) in [5.41, 5.74) is 9.53. The highest BCUT2D eigenvalue weighted by molar-refractivity contribution is 9.10. The maximum absolute atomic E-state index is 6.30. The van der Waals surface area contributed by atoms with Crippen molar-refractivity contribution in [1.29, 1.82) is 0 Å². The first-order valence-electron chi connectivity index (χ1n) is 5.83. The molecule has 94 valence electrons. The van der Waals surface area contributed by atoms with Gasteiger partial charge in [0.15, 0.2) is 0 Å². The fourth-order valence-electron chi connectivity index (χ4n) is 1.97. The second kappa shape index (κ2) is 5.87. The molecule has 1 unspecified atom stereocenters. The molecule has 1 atom stereocenters. The molecule has 0 saturated carbocycles. The minimum absolute atomic E-state index is 0.0869. The standard InChI is InChI=1S/C15H15BrClN/c1-10-5-4-7-12(15(10)17)14(18)9-11-6-2-3-8-13(11)16/h2-8,14H,9,18H2,1H3. The molecule has 2 rings (SSSR count). The van der Waals surface area contributed by atoms with Gasteiger partial charge in [-0.15, -0.1) is 0 Å². The van der Waals surface area contributed by atoms with Crippen LogP contribution in [-0.2, 0) is 6.42 Å². The van der Waals surface area contributed by atoms with Crippen LogP contribution in [0.2, 0.25) is 5.02 Å². The number of nitrogens with two attached hydrogens (primary N) is 1. The molecule has 0 radical (unpaired) electrons. The van der Waals surface area contributed by atoms with Crippen molar-refractivity contribution in [3.63, 3.8) is 0 Å². The topological polar surface area (TPSA) is 26.0 Å². The van der Waals surface area contributed by atoms with Crippen LogP contribution in [0.4, 0.5) is 0 Å². The van der Waals surface area contributed by atoms with Crippen LogP contribution in [-0.4, -0.2) is 0 Å². The summed E-state index contributed by atoms with van der Waals surface area (Å²) in [6.45, 7) is 2.00. The van der Waals surface area contributed by atoms with Crippen LogP contribution >= 0.6 is 27.5 Å². The molecule has 0 spiro atoms. The predicted octanol–water partition coefficient (Wildman–Crippen LogP) is 4.65. The molecular weight excluding hydrogens is 310 g/mol. The van der Waals surface area contributed by atoms with Crippen LogP contribution in [0.1, 0.15) is 22.7 Å². The second-order valence-corrected chi connectivity index (χ2v) is 5.61. The second-order valence-electron chi connectivity index (χ2n) is 4.38. The summed E-state index contributed by atoms with van der Waals surface area (Å²) in [5, 5.41) is 0.775. The zero-order valence-corrected chi connectivity index (χ0v) is 12.5. The zero-order valence-electron chi connectivity index (χ0n) is 10.2. The molecule has 2 aromatic carbocycles. The van der Waals surface area contributed by atoms with Crippen LogP contribution < -0.4 is 5.73 Å². The molecule has 18 heavy (non-hydrogen) atoms. The molecule has 2 N–H and O–H groups in total. The van der Waals surface area contributed by atoms with Crippen LogP contribution in [0, 0.1) is 6.92 Å². The lowest BCUT2D eigenvalue weighted by molar-refractivity contribution is 0.719. The monoisotopic (exact) mass is 323 g/mol. The van der Waals surface area contributed by atoms with E-state index in [4.69, 9.17) is 17.3 Å². The van der Waals surface area contributed by atoms with Gasteiger partial charge in [0.25, 0.3) is 0 Å². The van der Waals surface area contributed by atoms with Crippen LogP contribution in [0.25, 0.3) is 0 Å². The molecule has 0 aliphatic heterocycles. The average Bonchev–Trinajstić information content (AvgIpc) is 2.35. The third kappa shape index (κ3) is 2.94. The molecule has 0 amide bonds. The summed E-state index contributed by atoms with van der Waals surface area (Å²) in [6.07, 6.45) is 0.768. The minimum atomic E-state index is -0.0869. The van der Waals surface area contributed by atoms with E-state index in [9.17, 15) is 0 Å². The molecule has 0 fully saturated rings. The van der Waals surface area contributed by atoms with Crippen LogP contribution in [0.5, 0.6) is 0 Å². The van der Waals surface area contributed by atoms with Gasteiger partial charge in [0.05, 0.1) is 0 Å². The summed E-state index contributed by atoms with van der Waals surface area (Å²) < 4.78 is 1.09. The molecule has 0 bridgehead atoms.